The van der Waals surface area contributed by atoms with Crippen LogP contribution in [0.25, 0.3) is 0 Å². The van der Waals surface area contributed by atoms with Gasteiger partial charge in [0.1, 0.15) is 23.5 Å². The fourth-order valence-electron chi connectivity index (χ4n) is 1.99. The molecule has 0 saturated carbocycles. The van der Waals surface area contributed by atoms with E-state index in [4.69, 9.17) is 5.14 Å². The SMILES string of the molecule is NSc1cc(F)c(NCCCN2CC(F)C2)c(F)c1. The summed E-state index contributed by atoms with van der Waals surface area (Å²) < 4.78 is 39.7. The van der Waals surface area contributed by atoms with Crippen molar-refractivity contribution in [1.29, 1.82) is 0 Å². The van der Waals surface area contributed by atoms with Crippen molar-refractivity contribution < 1.29 is 13.2 Å². The molecule has 7 heteroatoms. The molecule has 1 aromatic rings. The van der Waals surface area contributed by atoms with E-state index in [0.717, 1.165) is 18.5 Å². The lowest BCUT2D eigenvalue weighted by atomic mass is 10.2. The summed E-state index contributed by atoms with van der Waals surface area (Å²) in [7, 11) is 0. The quantitative estimate of drug-likeness (QED) is 0.624. The van der Waals surface area contributed by atoms with Crippen LogP contribution in [-0.2, 0) is 0 Å². The lowest BCUT2D eigenvalue weighted by molar-refractivity contribution is 0.0657. The lowest BCUT2D eigenvalue weighted by Crippen LogP contribution is -2.48. The summed E-state index contributed by atoms with van der Waals surface area (Å²) >= 11 is 0.799. The van der Waals surface area contributed by atoms with E-state index in [1.54, 1.807) is 0 Å². The van der Waals surface area contributed by atoms with Gasteiger partial charge in [-0.1, -0.05) is 0 Å². The molecule has 2 rings (SSSR count). The van der Waals surface area contributed by atoms with Crippen LogP contribution in [0.2, 0.25) is 0 Å². The summed E-state index contributed by atoms with van der Waals surface area (Å²) in [5.41, 5.74) is -0.134. The first-order valence-electron chi connectivity index (χ1n) is 6.06. The molecule has 1 aromatic carbocycles. The van der Waals surface area contributed by atoms with Crippen LogP contribution in [0.4, 0.5) is 18.9 Å². The Morgan fingerprint density at radius 2 is 1.95 bits per heavy atom. The molecule has 1 aliphatic rings. The van der Waals surface area contributed by atoms with Crippen molar-refractivity contribution in [2.75, 3.05) is 31.5 Å². The fraction of sp³-hybridized carbons (Fsp3) is 0.500. The molecule has 0 aromatic heterocycles. The van der Waals surface area contributed by atoms with E-state index in [2.05, 4.69) is 5.32 Å². The molecule has 0 atom stereocenters. The van der Waals surface area contributed by atoms with Gasteiger partial charge in [-0.05, 0) is 30.5 Å². The first-order valence-corrected chi connectivity index (χ1v) is 6.94. The minimum atomic E-state index is -0.718. The number of rotatable bonds is 6. The summed E-state index contributed by atoms with van der Waals surface area (Å²) in [5, 5.41) is 7.98. The molecule has 0 bridgehead atoms. The Labute approximate surface area is 114 Å². The number of alkyl halides is 1. The Hall–Kier alpha value is -0.920. The van der Waals surface area contributed by atoms with Gasteiger partial charge in [0, 0.05) is 31.1 Å². The number of nitrogens with zero attached hydrogens (tertiary/aromatic N) is 1. The molecular formula is C12H16F3N3S. The zero-order chi connectivity index (χ0) is 13.8. The molecule has 0 unspecified atom stereocenters. The molecule has 1 aliphatic heterocycles. The highest BCUT2D eigenvalue weighted by atomic mass is 32.2. The van der Waals surface area contributed by atoms with Crippen LogP contribution in [0.5, 0.6) is 0 Å². The maximum Gasteiger partial charge on any atom is 0.150 e. The molecular weight excluding hydrogens is 275 g/mol. The molecule has 0 spiro atoms. The molecule has 3 N–H and O–H groups in total. The molecule has 0 radical (unpaired) electrons. The summed E-state index contributed by atoms with van der Waals surface area (Å²) in [4.78, 5) is 2.31. The molecule has 1 fully saturated rings. The molecule has 3 nitrogen and oxygen atoms in total. The normalized spacial score (nSPS) is 16.4. The average molecular weight is 291 g/mol. The summed E-state index contributed by atoms with van der Waals surface area (Å²) in [5.74, 6) is -1.30. The Morgan fingerprint density at radius 3 is 2.47 bits per heavy atom. The van der Waals surface area contributed by atoms with Crippen molar-refractivity contribution in [3.8, 4) is 0 Å². The van der Waals surface area contributed by atoms with Gasteiger partial charge in [0.2, 0.25) is 0 Å². The summed E-state index contributed by atoms with van der Waals surface area (Å²) in [6, 6.07) is 2.39. The molecule has 0 amide bonds. The Bertz CT molecular complexity index is 415. The van der Waals surface area contributed by atoms with Crippen LogP contribution in [0.15, 0.2) is 17.0 Å². The molecule has 0 aliphatic carbocycles. The topological polar surface area (TPSA) is 41.3 Å². The van der Waals surface area contributed by atoms with Crippen molar-refractivity contribution in [3.63, 3.8) is 0 Å². The van der Waals surface area contributed by atoms with Crippen LogP contribution < -0.4 is 10.5 Å². The third-order valence-electron chi connectivity index (χ3n) is 3.02. The van der Waals surface area contributed by atoms with Crippen molar-refractivity contribution in [1.82, 2.24) is 4.90 Å². The number of nitrogens with one attached hydrogen (secondary N) is 1. The van der Waals surface area contributed by atoms with Gasteiger partial charge >= 0.3 is 0 Å². The van der Waals surface area contributed by atoms with Gasteiger partial charge < -0.3 is 5.32 Å². The third kappa shape index (κ3) is 3.77. The minimum Gasteiger partial charge on any atom is -0.380 e. The second-order valence-corrected chi connectivity index (χ2v) is 5.22. The maximum absolute atomic E-state index is 13.6. The zero-order valence-corrected chi connectivity index (χ0v) is 11.2. The number of hydrogen-bond donors (Lipinski definition) is 2. The second-order valence-electron chi connectivity index (χ2n) is 4.52. The van der Waals surface area contributed by atoms with E-state index in [1.807, 2.05) is 4.90 Å². The monoisotopic (exact) mass is 291 g/mol. The van der Waals surface area contributed by atoms with Crippen LogP contribution in [0.1, 0.15) is 6.42 Å². The van der Waals surface area contributed by atoms with Gasteiger partial charge in [-0.2, -0.15) is 0 Å². The van der Waals surface area contributed by atoms with Gasteiger partial charge in [0.05, 0.1) is 0 Å². The number of hydrogen-bond acceptors (Lipinski definition) is 4. The Balaban J connectivity index is 1.79. The highest BCUT2D eigenvalue weighted by molar-refractivity contribution is 7.97. The van der Waals surface area contributed by atoms with Crippen molar-refractivity contribution in [3.05, 3.63) is 23.8 Å². The first kappa shape index (κ1) is 14.5. The smallest absolute Gasteiger partial charge is 0.150 e. The van der Waals surface area contributed by atoms with Gasteiger partial charge in [-0.15, -0.1) is 0 Å². The van der Waals surface area contributed by atoms with E-state index < -0.39 is 17.8 Å². The van der Waals surface area contributed by atoms with Gasteiger partial charge in [0.15, 0.2) is 0 Å². The first-order chi connectivity index (χ1) is 9.10. The number of benzene rings is 1. The van der Waals surface area contributed by atoms with Crippen LogP contribution >= 0.6 is 11.9 Å². The predicted octanol–water partition coefficient (Wildman–Crippen LogP) is 2.39. The standard InChI is InChI=1S/C12H16F3N3S/c13-8-6-18(7-8)3-1-2-17-12-10(14)4-9(19-16)5-11(12)15/h4-5,8,17H,1-3,6-7,16H2. The lowest BCUT2D eigenvalue weighted by Gasteiger charge is -2.34. The fourth-order valence-corrected chi connectivity index (χ4v) is 2.34. The number of likely N-dealkylation sites (tertiary alicyclic amines) is 1. The van der Waals surface area contributed by atoms with Crippen molar-refractivity contribution >= 4 is 17.6 Å². The van der Waals surface area contributed by atoms with Gasteiger partial charge in [0.25, 0.3) is 0 Å². The summed E-state index contributed by atoms with van der Waals surface area (Å²) in [6.07, 6.45) is -0.0110. The van der Waals surface area contributed by atoms with Gasteiger partial charge in [-0.3, -0.25) is 10.0 Å². The number of nitrogens with two attached hydrogens (primary N) is 1. The van der Waals surface area contributed by atoms with Crippen LogP contribution in [-0.4, -0.2) is 37.3 Å². The zero-order valence-electron chi connectivity index (χ0n) is 10.3. The van der Waals surface area contributed by atoms with Crippen LogP contribution in [0, 0.1) is 11.6 Å². The molecule has 1 heterocycles. The molecule has 106 valence electrons. The van der Waals surface area contributed by atoms with E-state index >= 15 is 0 Å². The van der Waals surface area contributed by atoms with E-state index in [1.165, 1.54) is 12.1 Å². The minimum absolute atomic E-state index is 0.134. The highest BCUT2D eigenvalue weighted by Crippen LogP contribution is 2.24. The predicted molar refractivity (Wildman–Crippen MR) is 70.8 cm³/mol. The Kier molecular flexibility index (Phi) is 4.95. The highest BCUT2D eigenvalue weighted by Gasteiger charge is 2.24. The second kappa shape index (κ2) is 6.49. The molecule has 1 saturated heterocycles. The largest absolute Gasteiger partial charge is 0.380 e. The number of anilines is 1. The van der Waals surface area contributed by atoms with E-state index in [0.29, 0.717) is 31.0 Å². The number of halogens is 3. The van der Waals surface area contributed by atoms with Crippen LogP contribution in [0.3, 0.4) is 0 Å². The maximum atomic E-state index is 13.6. The molecule has 19 heavy (non-hydrogen) atoms. The van der Waals surface area contributed by atoms with E-state index in [-0.39, 0.29) is 5.69 Å². The average Bonchev–Trinajstić information content (AvgIpc) is 2.34. The summed E-state index contributed by atoms with van der Waals surface area (Å²) in [6.45, 7) is 2.10. The Morgan fingerprint density at radius 1 is 1.32 bits per heavy atom. The van der Waals surface area contributed by atoms with Crippen molar-refractivity contribution in [2.45, 2.75) is 17.5 Å². The van der Waals surface area contributed by atoms with Gasteiger partial charge in [-0.25, -0.2) is 13.2 Å². The third-order valence-corrected chi connectivity index (χ3v) is 3.53. The van der Waals surface area contributed by atoms with E-state index in [9.17, 15) is 13.2 Å². The van der Waals surface area contributed by atoms with Crippen molar-refractivity contribution in [2.24, 2.45) is 5.14 Å².